The van der Waals surface area contributed by atoms with Crippen molar-refractivity contribution in [1.29, 1.82) is 0 Å². The summed E-state index contributed by atoms with van der Waals surface area (Å²) >= 11 is 0. The first-order valence-electron chi connectivity index (χ1n) is 8.48. The predicted molar refractivity (Wildman–Crippen MR) is 89.8 cm³/mol. The van der Waals surface area contributed by atoms with Gasteiger partial charge in [-0.05, 0) is 24.0 Å². The van der Waals surface area contributed by atoms with Gasteiger partial charge in [0.1, 0.15) is 5.82 Å². The third-order valence-electron chi connectivity index (χ3n) is 5.31. The van der Waals surface area contributed by atoms with Crippen LogP contribution < -0.4 is 0 Å². The van der Waals surface area contributed by atoms with E-state index in [1.54, 1.807) is 0 Å². The van der Waals surface area contributed by atoms with Crippen LogP contribution in [0, 0.1) is 11.3 Å². The van der Waals surface area contributed by atoms with Gasteiger partial charge in [-0.25, -0.2) is 4.98 Å². The Balaban J connectivity index is 1.34. The quantitative estimate of drug-likeness (QED) is 0.946. The van der Waals surface area contributed by atoms with Gasteiger partial charge >= 0.3 is 0 Å². The normalized spacial score (nSPS) is 24.1. The first-order chi connectivity index (χ1) is 11.0. The molecule has 0 bridgehead atoms. The Kier molecular flexibility index (Phi) is 3.41. The number of fused-ring (bicyclic) bond motifs is 1. The number of piperazine rings is 1. The zero-order valence-electron chi connectivity index (χ0n) is 13.9. The number of para-hydroxylation sites is 2. The largest absolute Gasteiger partial charge is 0.341 e. The first-order valence-corrected chi connectivity index (χ1v) is 8.48. The van der Waals surface area contributed by atoms with E-state index in [0.29, 0.717) is 5.91 Å². The average molecular weight is 312 g/mol. The first kappa shape index (κ1) is 14.7. The van der Waals surface area contributed by atoms with Crippen LogP contribution in [0.5, 0.6) is 0 Å². The SMILES string of the molecule is CC1(C)C[C@@H]1C(=O)N1CCN(Cc2nc3ccccc3[nH]2)CC1. The van der Waals surface area contributed by atoms with Gasteiger partial charge in [0, 0.05) is 32.1 Å². The minimum Gasteiger partial charge on any atom is -0.341 e. The summed E-state index contributed by atoms with van der Waals surface area (Å²) in [5, 5.41) is 0. The molecule has 5 nitrogen and oxygen atoms in total. The monoisotopic (exact) mass is 312 g/mol. The van der Waals surface area contributed by atoms with Crippen molar-refractivity contribution in [2.75, 3.05) is 26.2 Å². The molecule has 2 fully saturated rings. The molecule has 0 radical (unpaired) electrons. The lowest BCUT2D eigenvalue weighted by Crippen LogP contribution is -2.49. The fourth-order valence-electron chi connectivity index (χ4n) is 3.53. The number of aromatic nitrogens is 2. The Hall–Kier alpha value is -1.88. The van der Waals surface area contributed by atoms with Gasteiger partial charge in [0.05, 0.1) is 17.6 Å². The number of hydrogen-bond donors (Lipinski definition) is 1. The van der Waals surface area contributed by atoms with Crippen LogP contribution in [-0.4, -0.2) is 51.9 Å². The highest BCUT2D eigenvalue weighted by molar-refractivity contribution is 5.82. The maximum atomic E-state index is 12.4. The molecule has 1 aliphatic carbocycles. The number of imidazole rings is 1. The molecule has 1 aromatic carbocycles. The summed E-state index contributed by atoms with van der Waals surface area (Å²) in [4.78, 5) is 24.9. The van der Waals surface area contributed by atoms with E-state index in [0.717, 1.165) is 56.0 Å². The molecule has 1 amide bonds. The van der Waals surface area contributed by atoms with E-state index in [1.165, 1.54) is 0 Å². The summed E-state index contributed by atoms with van der Waals surface area (Å²) in [7, 11) is 0. The number of carbonyl (C=O) groups excluding carboxylic acids is 1. The Morgan fingerprint density at radius 1 is 1.26 bits per heavy atom. The number of H-pyrrole nitrogens is 1. The second kappa shape index (κ2) is 5.34. The minimum absolute atomic E-state index is 0.225. The Bertz CT molecular complexity index is 694. The topological polar surface area (TPSA) is 52.2 Å². The molecule has 1 saturated carbocycles. The number of carbonyl (C=O) groups is 1. The second-order valence-corrected chi connectivity index (χ2v) is 7.55. The average Bonchev–Trinajstić information content (AvgIpc) is 3.00. The third kappa shape index (κ3) is 2.85. The number of nitrogens with one attached hydrogen (secondary N) is 1. The molecule has 1 aromatic heterocycles. The van der Waals surface area contributed by atoms with Crippen LogP contribution in [0.2, 0.25) is 0 Å². The van der Waals surface area contributed by atoms with Crippen molar-refractivity contribution in [1.82, 2.24) is 19.8 Å². The molecule has 1 N–H and O–H groups in total. The van der Waals surface area contributed by atoms with Gasteiger partial charge in [0.25, 0.3) is 0 Å². The van der Waals surface area contributed by atoms with E-state index in [4.69, 9.17) is 0 Å². The van der Waals surface area contributed by atoms with Crippen molar-refractivity contribution in [3.63, 3.8) is 0 Å². The highest BCUT2D eigenvalue weighted by Crippen LogP contribution is 2.52. The summed E-state index contributed by atoms with van der Waals surface area (Å²) in [6.07, 6.45) is 1.05. The fraction of sp³-hybridized carbons (Fsp3) is 0.556. The molecule has 2 heterocycles. The van der Waals surface area contributed by atoms with Crippen LogP contribution in [0.1, 0.15) is 26.1 Å². The summed E-state index contributed by atoms with van der Waals surface area (Å²) in [6, 6.07) is 8.12. The molecule has 1 aliphatic heterocycles. The third-order valence-corrected chi connectivity index (χ3v) is 5.31. The van der Waals surface area contributed by atoms with Crippen LogP contribution in [0.4, 0.5) is 0 Å². The van der Waals surface area contributed by atoms with E-state index in [1.807, 2.05) is 18.2 Å². The van der Waals surface area contributed by atoms with Gasteiger partial charge < -0.3 is 9.88 Å². The van der Waals surface area contributed by atoms with E-state index >= 15 is 0 Å². The molecule has 5 heteroatoms. The lowest BCUT2D eigenvalue weighted by Gasteiger charge is -2.34. The second-order valence-electron chi connectivity index (χ2n) is 7.55. The van der Waals surface area contributed by atoms with Crippen LogP contribution in [-0.2, 0) is 11.3 Å². The lowest BCUT2D eigenvalue weighted by atomic mass is 10.1. The highest BCUT2D eigenvalue weighted by atomic mass is 16.2. The molecule has 4 rings (SSSR count). The number of amides is 1. The zero-order valence-corrected chi connectivity index (χ0v) is 13.9. The van der Waals surface area contributed by atoms with Crippen LogP contribution >= 0.6 is 0 Å². The van der Waals surface area contributed by atoms with E-state index in [-0.39, 0.29) is 11.3 Å². The van der Waals surface area contributed by atoms with Gasteiger partial charge in [0.15, 0.2) is 0 Å². The van der Waals surface area contributed by atoms with Crippen molar-refractivity contribution in [3.8, 4) is 0 Å². The van der Waals surface area contributed by atoms with Crippen molar-refractivity contribution < 1.29 is 4.79 Å². The molecule has 0 spiro atoms. The van der Waals surface area contributed by atoms with Gasteiger partial charge in [-0.15, -0.1) is 0 Å². The van der Waals surface area contributed by atoms with Crippen molar-refractivity contribution in [2.24, 2.45) is 11.3 Å². The number of aromatic amines is 1. The van der Waals surface area contributed by atoms with Crippen LogP contribution in [0.15, 0.2) is 24.3 Å². The van der Waals surface area contributed by atoms with E-state index in [2.05, 4.69) is 39.7 Å². The standard InChI is InChI=1S/C18H24N4O/c1-18(2)11-13(18)17(23)22-9-7-21(8-10-22)12-16-19-14-5-3-4-6-15(14)20-16/h3-6,13H,7-12H2,1-2H3,(H,19,20)/t13-/m1/s1. The lowest BCUT2D eigenvalue weighted by molar-refractivity contribution is -0.135. The van der Waals surface area contributed by atoms with Crippen molar-refractivity contribution in [3.05, 3.63) is 30.1 Å². The van der Waals surface area contributed by atoms with E-state index < -0.39 is 0 Å². The molecule has 0 unspecified atom stereocenters. The smallest absolute Gasteiger partial charge is 0.226 e. The molecule has 1 saturated heterocycles. The summed E-state index contributed by atoms with van der Waals surface area (Å²) in [5.41, 5.74) is 2.34. The molecule has 23 heavy (non-hydrogen) atoms. The molecule has 1 atom stereocenters. The summed E-state index contributed by atoms with van der Waals surface area (Å²) in [6.45, 7) is 8.73. The molecule has 122 valence electrons. The number of hydrogen-bond acceptors (Lipinski definition) is 3. The van der Waals surface area contributed by atoms with Crippen molar-refractivity contribution in [2.45, 2.75) is 26.8 Å². The highest BCUT2D eigenvalue weighted by Gasteiger charge is 2.52. The van der Waals surface area contributed by atoms with Gasteiger partial charge in [0.2, 0.25) is 5.91 Å². The predicted octanol–water partition coefficient (Wildman–Crippen LogP) is 2.25. The maximum Gasteiger partial charge on any atom is 0.226 e. The van der Waals surface area contributed by atoms with Crippen LogP contribution in [0.25, 0.3) is 11.0 Å². The number of nitrogens with zero attached hydrogens (tertiary/aromatic N) is 3. The Morgan fingerprint density at radius 2 is 1.96 bits per heavy atom. The fourth-order valence-corrected chi connectivity index (χ4v) is 3.53. The molecule has 2 aliphatic rings. The number of benzene rings is 1. The van der Waals surface area contributed by atoms with Gasteiger partial charge in [-0.1, -0.05) is 26.0 Å². The maximum absolute atomic E-state index is 12.4. The summed E-state index contributed by atoms with van der Waals surface area (Å²) < 4.78 is 0. The van der Waals surface area contributed by atoms with Gasteiger partial charge in [-0.3, -0.25) is 9.69 Å². The molecular formula is C18H24N4O. The number of rotatable bonds is 3. The summed E-state index contributed by atoms with van der Waals surface area (Å²) in [5.74, 6) is 1.62. The Labute approximate surface area is 136 Å². The molecular weight excluding hydrogens is 288 g/mol. The Morgan fingerprint density at radius 3 is 2.61 bits per heavy atom. The molecule has 2 aromatic rings. The zero-order chi connectivity index (χ0) is 16.0. The van der Waals surface area contributed by atoms with Crippen molar-refractivity contribution >= 4 is 16.9 Å². The minimum atomic E-state index is 0.225. The van der Waals surface area contributed by atoms with Crippen LogP contribution in [0.3, 0.4) is 0 Å². The van der Waals surface area contributed by atoms with E-state index in [9.17, 15) is 4.79 Å². The van der Waals surface area contributed by atoms with Gasteiger partial charge in [-0.2, -0.15) is 0 Å².